The van der Waals surface area contributed by atoms with Gasteiger partial charge in [0.05, 0.1) is 11.9 Å². The molecule has 2 aromatic rings. The number of amides is 1. The summed E-state index contributed by atoms with van der Waals surface area (Å²) >= 11 is 5.84. The lowest BCUT2D eigenvalue weighted by Gasteiger charge is -2.09. The van der Waals surface area contributed by atoms with Gasteiger partial charge in [-0.2, -0.15) is 0 Å². The van der Waals surface area contributed by atoms with Gasteiger partial charge in [0.15, 0.2) is 0 Å². The first-order chi connectivity index (χ1) is 11.7. The maximum atomic E-state index is 12.0. The molecule has 1 aromatic carbocycles. The third kappa shape index (κ3) is 4.94. The summed E-state index contributed by atoms with van der Waals surface area (Å²) in [6.45, 7) is 2.08. The molecule has 126 valence electrons. The van der Waals surface area contributed by atoms with Gasteiger partial charge in [-0.15, -0.1) is 0 Å². The Kier molecular flexibility index (Phi) is 5.67. The van der Waals surface area contributed by atoms with Crippen molar-refractivity contribution in [2.24, 2.45) is 5.92 Å². The number of carbonyl (C=O) groups is 1. The highest BCUT2D eigenvalue weighted by Crippen LogP contribution is 2.22. The first kappa shape index (κ1) is 16.7. The van der Waals surface area contributed by atoms with Crippen molar-refractivity contribution >= 4 is 23.2 Å². The predicted octanol–water partition coefficient (Wildman–Crippen LogP) is 3.86. The van der Waals surface area contributed by atoms with Crippen LogP contribution in [0.25, 0.3) is 0 Å². The summed E-state index contributed by atoms with van der Waals surface area (Å²) in [7, 11) is 0. The fourth-order valence-electron chi connectivity index (χ4n) is 2.66. The van der Waals surface area contributed by atoms with Crippen molar-refractivity contribution in [2.75, 3.05) is 18.4 Å². The van der Waals surface area contributed by atoms with Crippen LogP contribution in [0.15, 0.2) is 42.6 Å². The van der Waals surface area contributed by atoms with E-state index >= 15 is 0 Å². The van der Waals surface area contributed by atoms with Gasteiger partial charge in [-0.25, -0.2) is 4.98 Å². The molecule has 1 aliphatic heterocycles. The predicted molar refractivity (Wildman–Crippen MR) is 94.6 cm³/mol. The van der Waals surface area contributed by atoms with E-state index in [4.69, 9.17) is 16.3 Å². The number of aromatic nitrogens is 1. The number of halogens is 1. The maximum absolute atomic E-state index is 12.0. The Bertz CT molecular complexity index is 668. The second-order valence-corrected chi connectivity index (χ2v) is 6.32. The first-order valence-corrected chi connectivity index (χ1v) is 8.47. The van der Waals surface area contributed by atoms with Crippen molar-refractivity contribution < 1.29 is 9.53 Å². The molecule has 24 heavy (non-hydrogen) atoms. The zero-order chi connectivity index (χ0) is 16.8. The molecule has 2 heterocycles. The smallest absolute Gasteiger partial charge is 0.224 e. The van der Waals surface area contributed by atoms with E-state index in [1.807, 2.05) is 0 Å². The van der Waals surface area contributed by atoms with Gasteiger partial charge in [0.1, 0.15) is 5.75 Å². The fraction of sp³-hybridized carbons (Fsp3) is 0.333. The number of benzene rings is 1. The van der Waals surface area contributed by atoms with E-state index in [-0.39, 0.29) is 5.91 Å². The van der Waals surface area contributed by atoms with E-state index < -0.39 is 0 Å². The molecule has 0 saturated carbocycles. The van der Waals surface area contributed by atoms with Crippen molar-refractivity contribution in [3.05, 3.63) is 47.6 Å². The minimum absolute atomic E-state index is 0.0232. The summed E-state index contributed by atoms with van der Waals surface area (Å²) in [6, 6.07) is 10.6. The number of anilines is 1. The van der Waals surface area contributed by atoms with Crippen LogP contribution in [-0.2, 0) is 4.79 Å². The van der Waals surface area contributed by atoms with Gasteiger partial charge in [0, 0.05) is 17.5 Å². The zero-order valence-corrected chi connectivity index (χ0v) is 14.1. The summed E-state index contributed by atoms with van der Waals surface area (Å²) < 4.78 is 5.62. The number of ether oxygens (including phenoxy) is 1. The quantitative estimate of drug-likeness (QED) is 0.834. The van der Waals surface area contributed by atoms with E-state index in [0.717, 1.165) is 25.9 Å². The lowest BCUT2D eigenvalue weighted by atomic mass is 10.0. The van der Waals surface area contributed by atoms with Crippen LogP contribution in [0.4, 0.5) is 5.69 Å². The second-order valence-electron chi connectivity index (χ2n) is 5.89. The van der Waals surface area contributed by atoms with Crippen LogP contribution in [0.1, 0.15) is 19.3 Å². The molecule has 5 nitrogen and oxygen atoms in total. The molecular weight excluding hydrogens is 326 g/mol. The van der Waals surface area contributed by atoms with Crippen molar-refractivity contribution in [3.8, 4) is 11.6 Å². The monoisotopic (exact) mass is 345 g/mol. The molecule has 1 aromatic heterocycles. The van der Waals surface area contributed by atoms with Gasteiger partial charge in [-0.1, -0.05) is 11.6 Å². The van der Waals surface area contributed by atoms with Crippen molar-refractivity contribution in [1.29, 1.82) is 0 Å². The molecule has 1 saturated heterocycles. The van der Waals surface area contributed by atoms with E-state index in [0.29, 0.717) is 34.7 Å². The Morgan fingerprint density at radius 2 is 2.12 bits per heavy atom. The maximum Gasteiger partial charge on any atom is 0.224 e. The third-order valence-corrected chi connectivity index (χ3v) is 4.25. The molecule has 1 atom stereocenters. The minimum Gasteiger partial charge on any atom is -0.439 e. The highest BCUT2D eigenvalue weighted by atomic mass is 35.5. The summed E-state index contributed by atoms with van der Waals surface area (Å²) in [5.74, 6) is 1.76. The Hall–Kier alpha value is -2.11. The summed E-state index contributed by atoms with van der Waals surface area (Å²) in [6.07, 6.45) is 4.21. The van der Waals surface area contributed by atoms with E-state index in [9.17, 15) is 4.79 Å². The molecule has 1 amide bonds. The largest absolute Gasteiger partial charge is 0.439 e. The molecule has 1 fully saturated rings. The van der Waals surface area contributed by atoms with E-state index in [1.165, 1.54) is 0 Å². The summed E-state index contributed by atoms with van der Waals surface area (Å²) in [5.41, 5.74) is 0.674. The SMILES string of the molecule is O=C(CCC1CCNC1)Nc1ccc(Oc2ccc(Cl)cc2)nc1. The first-order valence-electron chi connectivity index (χ1n) is 8.09. The topological polar surface area (TPSA) is 63.2 Å². The van der Waals surface area contributed by atoms with E-state index in [2.05, 4.69) is 15.6 Å². The molecule has 3 rings (SSSR count). The third-order valence-electron chi connectivity index (χ3n) is 4.00. The van der Waals surface area contributed by atoms with Crippen LogP contribution < -0.4 is 15.4 Å². The standard InChI is InChI=1S/C18H20ClN3O2/c19-14-2-5-16(6-3-14)24-18-8-4-15(12-21-18)22-17(23)7-1-13-9-10-20-11-13/h2-6,8,12-13,20H,1,7,9-11H2,(H,22,23). The molecule has 1 aliphatic rings. The molecule has 1 unspecified atom stereocenters. The summed E-state index contributed by atoms with van der Waals surface area (Å²) in [5, 5.41) is 6.84. The van der Waals surface area contributed by atoms with Crippen LogP contribution in [0, 0.1) is 5.92 Å². The van der Waals surface area contributed by atoms with Gasteiger partial charge in [-0.05, 0) is 62.2 Å². The van der Waals surface area contributed by atoms with Crippen LogP contribution in [-0.4, -0.2) is 24.0 Å². The Labute approximate surface area is 146 Å². The van der Waals surface area contributed by atoms with Gasteiger partial charge in [-0.3, -0.25) is 4.79 Å². The molecule has 0 radical (unpaired) electrons. The zero-order valence-electron chi connectivity index (χ0n) is 13.3. The Balaban J connectivity index is 1.48. The van der Waals surface area contributed by atoms with Gasteiger partial charge in [0.2, 0.25) is 11.8 Å². The van der Waals surface area contributed by atoms with Crippen molar-refractivity contribution in [1.82, 2.24) is 10.3 Å². The van der Waals surface area contributed by atoms with Crippen molar-refractivity contribution in [2.45, 2.75) is 19.3 Å². The van der Waals surface area contributed by atoms with Crippen LogP contribution >= 0.6 is 11.6 Å². The van der Waals surface area contributed by atoms with Crippen LogP contribution in [0.3, 0.4) is 0 Å². The Morgan fingerprint density at radius 1 is 1.29 bits per heavy atom. The average molecular weight is 346 g/mol. The lowest BCUT2D eigenvalue weighted by Crippen LogP contribution is -2.15. The number of hydrogen-bond donors (Lipinski definition) is 2. The molecule has 0 aliphatic carbocycles. The van der Waals surface area contributed by atoms with Gasteiger partial charge in [0.25, 0.3) is 0 Å². The van der Waals surface area contributed by atoms with Crippen LogP contribution in [0.5, 0.6) is 11.6 Å². The number of rotatable bonds is 6. The van der Waals surface area contributed by atoms with Crippen LogP contribution in [0.2, 0.25) is 5.02 Å². The number of nitrogens with one attached hydrogen (secondary N) is 2. The second kappa shape index (κ2) is 8.13. The minimum atomic E-state index is 0.0232. The van der Waals surface area contributed by atoms with Gasteiger partial charge >= 0.3 is 0 Å². The molecule has 0 spiro atoms. The molecular formula is C18H20ClN3O2. The lowest BCUT2D eigenvalue weighted by molar-refractivity contribution is -0.116. The number of carbonyl (C=O) groups excluding carboxylic acids is 1. The highest BCUT2D eigenvalue weighted by Gasteiger charge is 2.15. The van der Waals surface area contributed by atoms with Crippen molar-refractivity contribution in [3.63, 3.8) is 0 Å². The number of nitrogens with zero attached hydrogens (tertiary/aromatic N) is 1. The number of pyridine rings is 1. The average Bonchev–Trinajstić information content (AvgIpc) is 3.10. The summed E-state index contributed by atoms with van der Waals surface area (Å²) in [4.78, 5) is 16.2. The normalized spacial score (nSPS) is 16.8. The van der Waals surface area contributed by atoms with Gasteiger partial charge < -0.3 is 15.4 Å². The van der Waals surface area contributed by atoms with E-state index in [1.54, 1.807) is 42.6 Å². The fourth-order valence-corrected chi connectivity index (χ4v) is 2.78. The Morgan fingerprint density at radius 3 is 2.79 bits per heavy atom. The molecule has 0 bridgehead atoms. The highest BCUT2D eigenvalue weighted by molar-refractivity contribution is 6.30. The number of hydrogen-bond acceptors (Lipinski definition) is 4. The molecule has 6 heteroatoms. The molecule has 2 N–H and O–H groups in total.